The molecule has 1 atom stereocenters. The Kier molecular flexibility index (Phi) is 9.55. The lowest BCUT2D eigenvalue weighted by Gasteiger charge is -2.24. The van der Waals surface area contributed by atoms with E-state index in [2.05, 4.69) is 20.1 Å². The molecule has 0 saturated carbocycles. The maximum Gasteiger partial charge on any atom is 0.262 e. The van der Waals surface area contributed by atoms with Crippen LogP contribution in [0, 0.1) is 0 Å². The van der Waals surface area contributed by atoms with Gasteiger partial charge in [-0.05, 0) is 56.3 Å². The molecule has 8 nitrogen and oxygen atoms in total. The van der Waals surface area contributed by atoms with Crippen LogP contribution < -0.4 is 15.0 Å². The van der Waals surface area contributed by atoms with E-state index in [1.165, 1.54) is 0 Å². The summed E-state index contributed by atoms with van der Waals surface area (Å²) in [5.41, 5.74) is 0.619. The number of rotatable bonds is 10. The highest BCUT2D eigenvalue weighted by atomic mass is 35.5. The van der Waals surface area contributed by atoms with Gasteiger partial charge < -0.3 is 24.8 Å². The minimum atomic E-state index is -0.466. The fraction of sp³-hybridized carbons (Fsp3) is 0.478. The molecule has 3 rings (SSSR count). The van der Waals surface area contributed by atoms with Crippen LogP contribution in [-0.4, -0.2) is 79.5 Å². The fourth-order valence-corrected chi connectivity index (χ4v) is 3.64. The molecule has 1 aromatic carbocycles. The van der Waals surface area contributed by atoms with Crippen molar-refractivity contribution >= 4 is 29.0 Å². The van der Waals surface area contributed by atoms with Crippen LogP contribution in [0.4, 0.5) is 11.5 Å². The van der Waals surface area contributed by atoms with Gasteiger partial charge in [-0.3, -0.25) is 9.69 Å². The van der Waals surface area contributed by atoms with Gasteiger partial charge >= 0.3 is 0 Å². The Morgan fingerprint density at radius 2 is 2.00 bits per heavy atom. The van der Waals surface area contributed by atoms with E-state index >= 15 is 0 Å². The molecule has 2 heterocycles. The Hall–Kier alpha value is -2.39. The lowest BCUT2D eigenvalue weighted by atomic mass is 10.3. The number of aliphatic hydroxyl groups is 1. The standard InChI is InChI=1S/C23H31ClN4O4/c1-2-31-16-20(29)15-27-10-3-11-28(13-12-27)22-9-6-19(14-25-22)26-23(30)17-32-21-7-4-18(24)5-8-21/h4-9,14,20,29H,2-3,10-13,15-17H2,1H3,(H,26,30). The number of pyridine rings is 1. The van der Waals surface area contributed by atoms with E-state index in [1.807, 2.05) is 19.1 Å². The van der Waals surface area contributed by atoms with E-state index in [4.69, 9.17) is 21.1 Å². The fourth-order valence-electron chi connectivity index (χ4n) is 3.51. The Labute approximate surface area is 194 Å². The number of nitrogens with zero attached hydrogens (tertiary/aromatic N) is 3. The minimum absolute atomic E-state index is 0.0967. The lowest BCUT2D eigenvalue weighted by molar-refractivity contribution is -0.118. The van der Waals surface area contributed by atoms with Gasteiger partial charge in [0.1, 0.15) is 11.6 Å². The zero-order valence-electron chi connectivity index (χ0n) is 18.4. The third-order valence-electron chi connectivity index (χ3n) is 5.11. The summed E-state index contributed by atoms with van der Waals surface area (Å²) in [6, 6.07) is 10.6. The number of aromatic nitrogens is 1. The molecule has 2 aromatic rings. The first kappa shape index (κ1) is 24.3. The number of hydrogen-bond donors (Lipinski definition) is 2. The second-order valence-electron chi connectivity index (χ2n) is 7.65. The molecule has 1 amide bonds. The highest BCUT2D eigenvalue weighted by Crippen LogP contribution is 2.18. The molecule has 32 heavy (non-hydrogen) atoms. The third-order valence-corrected chi connectivity index (χ3v) is 5.36. The topological polar surface area (TPSA) is 87.2 Å². The molecule has 1 aromatic heterocycles. The molecule has 2 N–H and O–H groups in total. The van der Waals surface area contributed by atoms with Gasteiger partial charge in [0.25, 0.3) is 5.91 Å². The van der Waals surface area contributed by atoms with E-state index in [-0.39, 0.29) is 12.5 Å². The molecule has 0 aliphatic carbocycles. The predicted molar refractivity (Wildman–Crippen MR) is 126 cm³/mol. The molecule has 9 heteroatoms. The van der Waals surface area contributed by atoms with Crippen LogP contribution in [0.15, 0.2) is 42.6 Å². The monoisotopic (exact) mass is 462 g/mol. The van der Waals surface area contributed by atoms with Crippen LogP contribution in [0.5, 0.6) is 5.75 Å². The van der Waals surface area contributed by atoms with Gasteiger partial charge in [-0.25, -0.2) is 4.98 Å². The van der Waals surface area contributed by atoms with Crippen molar-refractivity contribution in [1.82, 2.24) is 9.88 Å². The van der Waals surface area contributed by atoms with E-state index in [1.54, 1.807) is 30.5 Å². The average molecular weight is 463 g/mol. The highest BCUT2D eigenvalue weighted by Gasteiger charge is 2.18. The number of nitrogens with one attached hydrogen (secondary N) is 1. The number of halogens is 1. The van der Waals surface area contributed by atoms with Crippen LogP contribution >= 0.6 is 11.6 Å². The summed E-state index contributed by atoms with van der Waals surface area (Å²) in [5, 5.41) is 13.5. The van der Waals surface area contributed by atoms with Crippen molar-refractivity contribution < 1.29 is 19.4 Å². The van der Waals surface area contributed by atoms with Crippen molar-refractivity contribution in [2.75, 3.05) is 62.8 Å². The van der Waals surface area contributed by atoms with Crippen molar-refractivity contribution in [3.63, 3.8) is 0 Å². The number of hydrogen-bond acceptors (Lipinski definition) is 7. The van der Waals surface area contributed by atoms with E-state index in [0.29, 0.717) is 36.2 Å². The second kappa shape index (κ2) is 12.6. The number of ether oxygens (including phenoxy) is 2. The van der Waals surface area contributed by atoms with Crippen LogP contribution in [0.3, 0.4) is 0 Å². The maximum atomic E-state index is 12.1. The number of anilines is 2. The highest BCUT2D eigenvalue weighted by molar-refractivity contribution is 6.30. The Morgan fingerprint density at radius 3 is 2.72 bits per heavy atom. The molecule has 0 spiro atoms. The molecule has 0 bridgehead atoms. The van der Waals surface area contributed by atoms with Crippen molar-refractivity contribution in [3.8, 4) is 5.75 Å². The minimum Gasteiger partial charge on any atom is -0.484 e. The van der Waals surface area contributed by atoms with Crippen molar-refractivity contribution in [3.05, 3.63) is 47.6 Å². The molecule has 1 saturated heterocycles. The van der Waals surface area contributed by atoms with Gasteiger partial charge in [-0.15, -0.1) is 0 Å². The van der Waals surface area contributed by atoms with Gasteiger partial charge in [0.05, 0.1) is 24.6 Å². The molecule has 1 fully saturated rings. The number of carbonyl (C=O) groups is 1. The van der Waals surface area contributed by atoms with Crippen molar-refractivity contribution in [2.45, 2.75) is 19.4 Å². The first-order valence-corrected chi connectivity index (χ1v) is 11.3. The SMILES string of the molecule is CCOCC(O)CN1CCCN(c2ccc(NC(=O)COc3ccc(Cl)cc3)cn2)CC1. The molecule has 0 radical (unpaired) electrons. The van der Waals surface area contributed by atoms with E-state index < -0.39 is 6.10 Å². The summed E-state index contributed by atoms with van der Waals surface area (Å²) < 4.78 is 10.8. The molecule has 1 aliphatic heterocycles. The van der Waals surface area contributed by atoms with Gasteiger partial charge in [0, 0.05) is 37.8 Å². The Morgan fingerprint density at radius 1 is 1.19 bits per heavy atom. The van der Waals surface area contributed by atoms with E-state index in [9.17, 15) is 9.90 Å². The summed E-state index contributed by atoms with van der Waals surface area (Å²) in [5.74, 6) is 1.20. The summed E-state index contributed by atoms with van der Waals surface area (Å²) in [6.07, 6.45) is 2.18. The average Bonchev–Trinajstić information content (AvgIpc) is 3.03. The summed E-state index contributed by atoms with van der Waals surface area (Å²) in [6.45, 7) is 6.94. The number of amides is 1. The van der Waals surface area contributed by atoms with Crippen LogP contribution in [-0.2, 0) is 9.53 Å². The summed E-state index contributed by atoms with van der Waals surface area (Å²) >= 11 is 5.84. The summed E-state index contributed by atoms with van der Waals surface area (Å²) in [7, 11) is 0. The largest absolute Gasteiger partial charge is 0.484 e. The molecular formula is C23H31ClN4O4. The third kappa shape index (κ3) is 7.94. The quantitative estimate of drug-likeness (QED) is 0.561. The number of benzene rings is 1. The molecular weight excluding hydrogens is 432 g/mol. The number of aliphatic hydroxyl groups excluding tert-OH is 1. The van der Waals surface area contributed by atoms with Gasteiger partial charge in [0.15, 0.2) is 6.61 Å². The van der Waals surface area contributed by atoms with Crippen LogP contribution in [0.2, 0.25) is 5.02 Å². The predicted octanol–water partition coefficient (Wildman–Crippen LogP) is 2.66. The van der Waals surface area contributed by atoms with Gasteiger partial charge in [-0.1, -0.05) is 11.6 Å². The normalized spacial score (nSPS) is 15.8. The van der Waals surface area contributed by atoms with Crippen LogP contribution in [0.25, 0.3) is 0 Å². The molecule has 174 valence electrons. The van der Waals surface area contributed by atoms with Gasteiger partial charge in [-0.2, -0.15) is 0 Å². The van der Waals surface area contributed by atoms with Crippen LogP contribution in [0.1, 0.15) is 13.3 Å². The molecule has 1 unspecified atom stereocenters. The number of β-amino-alcohol motifs (C(OH)–C–C–N with tert-alkyl or cyclic N) is 1. The zero-order chi connectivity index (χ0) is 22.8. The van der Waals surface area contributed by atoms with Crippen molar-refractivity contribution in [2.24, 2.45) is 0 Å². The zero-order valence-corrected chi connectivity index (χ0v) is 19.1. The first-order chi connectivity index (χ1) is 15.5. The Balaban J connectivity index is 1.44. The maximum absolute atomic E-state index is 12.1. The number of carbonyl (C=O) groups excluding carboxylic acids is 1. The smallest absolute Gasteiger partial charge is 0.262 e. The lowest BCUT2D eigenvalue weighted by Crippen LogP contribution is -2.37. The first-order valence-electron chi connectivity index (χ1n) is 10.9. The summed E-state index contributed by atoms with van der Waals surface area (Å²) in [4.78, 5) is 21.1. The van der Waals surface area contributed by atoms with Gasteiger partial charge in [0.2, 0.25) is 0 Å². The Bertz CT molecular complexity index is 835. The van der Waals surface area contributed by atoms with Crippen molar-refractivity contribution in [1.29, 1.82) is 0 Å². The second-order valence-corrected chi connectivity index (χ2v) is 8.09. The molecule has 1 aliphatic rings. The van der Waals surface area contributed by atoms with E-state index in [0.717, 1.165) is 38.4 Å².